The van der Waals surface area contributed by atoms with E-state index in [1.165, 1.54) is 12.1 Å². The number of hydrogen-bond acceptors (Lipinski definition) is 5. The number of sulfone groups is 1. The van der Waals surface area contributed by atoms with Crippen LogP contribution in [0.2, 0.25) is 0 Å². The topological polar surface area (TPSA) is 89.5 Å². The number of esters is 1. The van der Waals surface area contributed by atoms with Crippen LogP contribution in [-0.4, -0.2) is 39.2 Å². The van der Waals surface area contributed by atoms with Gasteiger partial charge < -0.3 is 10.1 Å². The molecule has 0 saturated carbocycles. The van der Waals surface area contributed by atoms with Crippen LogP contribution in [0.1, 0.15) is 32.6 Å². The Hall–Kier alpha value is -1.89. The molecule has 1 rings (SSSR count). The molecule has 0 unspecified atom stereocenters. The third-order valence-electron chi connectivity index (χ3n) is 3.14. The largest absolute Gasteiger partial charge is 0.456 e. The summed E-state index contributed by atoms with van der Waals surface area (Å²) in [4.78, 5) is 23.1. The van der Waals surface area contributed by atoms with Gasteiger partial charge in [0, 0.05) is 6.54 Å². The van der Waals surface area contributed by atoms with Gasteiger partial charge in [-0.15, -0.1) is 0 Å². The maximum absolute atomic E-state index is 12.0. The van der Waals surface area contributed by atoms with E-state index >= 15 is 0 Å². The Balaban J connectivity index is 2.28. The van der Waals surface area contributed by atoms with Crippen LogP contribution < -0.4 is 5.32 Å². The number of benzene rings is 1. The molecule has 0 fully saturated rings. The number of hydrogen-bond donors (Lipinski definition) is 1. The number of carbonyl (C=O) groups excluding carboxylic acids is 2. The summed E-state index contributed by atoms with van der Waals surface area (Å²) in [5, 5.41) is 2.64. The van der Waals surface area contributed by atoms with Crippen molar-refractivity contribution in [3.05, 3.63) is 30.3 Å². The second-order valence-electron chi connectivity index (χ2n) is 5.10. The molecule has 23 heavy (non-hydrogen) atoms. The SMILES string of the molecule is CCCCCNC(=O)COC(=O)CCS(=O)(=O)c1ccccc1. The standard InChI is InChI=1S/C16H23NO5S/c1-2-3-7-11-17-15(18)13-22-16(19)10-12-23(20,21)14-8-5-4-6-9-14/h4-6,8-9H,2-3,7,10-13H2,1H3,(H,17,18). The van der Waals surface area contributed by atoms with Crippen molar-refractivity contribution in [3.63, 3.8) is 0 Å². The van der Waals surface area contributed by atoms with E-state index in [1.807, 2.05) is 0 Å². The molecule has 7 heteroatoms. The van der Waals surface area contributed by atoms with Crippen molar-refractivity contribution >= 4 is 21.7 Å². The molecular weight excluding hydrogens is 318 g/mol. The maximum Gasteiger partial charge on any atom is 0.307 e. The first-order valence-electron chi connectivity index (χ1n) is 7.66. The minimum atomic E-state index is -3.52. The molecule has 0 bridgehead atoms. The van der Waals surface area contributed by atoms with E-state index in [9.17, 15) is 18.0 Å². The third kappa shape index (κ3) is 7.78. The summed E-state index contributed by atoms with van der Waals surface area (Å²) in [5.41, 5.74) is 0. The Kier molecular flexibility index (Phi) is 8.32. The summed E-state index contributed by atoms with van der Waals surface area (Å²) in [6.45, 7) is 2.23. The summed E-state index contributed by atoms with van der Waals surface area (Å²) in [6, 6.07) is 7.91. The van der Waals surface area contributed by atoms with Crippen LogP contribution in [0.25, 0.3) is 0 Å². The quantitative estimate of drug-likeness (QED) is 0.517. The molecule has 0 radical (unpaired) electrons. The van der Waals surface area contributed by atoms with Gasteiger partial charge in [0.25, 0.3) is 5.91 Å². The van der Waals surface area contributed by atoms with Crippen LogP contribution in [0.5, 0.6) is 0 Å². The second kappa shape index (κ2) is 9.99. The summed E-state index contributed by atoms with van der Waals surface area (Å²) in [7, 11) is -3.52. The van der Waals surface area contributed by atoms with Crippen molar-refractivity contribution < 1.29 is 22.7 Å². The Morgan fingerprint density at radius 3 is 2.48 bits per heavy atom. The van der Waals surface area contributed by atoms with Crippen molar-refractivity contribution in [2.24, 2.45) is 0 Å². The molecule has 0 aromatic heterocycles. The minimum Gasteiger partial charge on any atom is -0.456 e. The Bertz CT molecular complexity index is 598. The van der Waals surface area contributed by atoms with Gasteiger partial charge in [-0.25, -0.2) is 8.42 Å². The first-order valence-corrected chi connectivity index (χ1v) is 9.31. The number of ether oxygens (including phenoxy) is 1. The van der Waals surface area contributed by atoms with Gasteiger partial charge >= 0.3 is 5.97 Å². The molecule has 1 N–H and O–H groups in total. The van der Waals surface area contributed by atoms with Crippen LogP contribution in [0.15, 0.2) is 35.2 Å². The number of rotatable bonds is 10. The first-order chi connectivity index (χ1) is 11.0. The molecule has 0 saturated heterocycles. The molecule has 1 aromatic carbocycles. The van der Waals surface area contributed by atoms with E-state index in [2.05, 4.69) is 12.2 Å². The van der Waals surface area contributed by atoms with E-state index in [0.29, 0.717) is 6.54 Å². The number of carbonyl (C=O) groups is 2. The molecule has 0 aliphatic rings. The zero-order valence-corrected chi connectivity index (χ0v) is 14.1. The molecule has 1 aromatic rings. The fraction of sp³-hybridized carbons (Fsp3) is 0.500. The number of amides is 1. The summed E-state index contributed by atoms with van der Waals surface area (Å²) >= 11 is 0. The van der Waals surface area contributed by atoms with Crippen LogP contribution in [-0.2, 0) is 24.2 Å². The molecule has 0 atom stereocenters. The summed E-state index contributed by atoms with van der Waals surface area (Å²) < 4.78 is 28.8. The summed E-state index contributed by atoms with van der Waals surface area (Å²) in [5.74, 6) is -1.41. The highest BCUT2D eigenvalue weighted by Gasteiger charge is 2.17. The van der Waals surface area contributed by atoms with Crippen molar-refractivity contribution in [3.8, 4) is 0 Å². The predicted molar refractivity (Wildman–Crippen MR) is 86.6 cm³/mol. The van der Waals surface area contributed by atoms with Crippen LogP contribution in [0.4, 0.5) is 0 Å². The van der Waals surface area contributed by atoms with Gasteiger partial charge in [-0.3, -0.25) is 9.59 Å². The molecule has 0 heterocycles. The highest BCUT2D eigenvalue weighted by atomic mass is 32.2. The summed E-state index contributed by atoms with van der Waals surface area (Å²) in [6.07, 6.45) is 2.68. The number of nitrogens with one attached hydrogen (secondary N) is 1. The Morgan fingerprint density at radius 2 is 1.83 bits per heavy atom. The van der Waals surface area contributed by atoms with Gasteiger partial charge in [-0.05, 0) is 18.6 Å². The lowest BCUT2D eigenvalue weighted by Crippen LogP contribution is -2.29. The molecule has 1 amide bonds. The number of unbranched alkanes of at least 4 members (excludes halogenated alkanes) is 2. The van der Waals surface area contributed by atoms with Gasteiger partial charge in [0.05, 0.1) is 17.1 Å². The minimum absolute atomic E-state index is 0.168. The van der Waals surface area contributed by atoms with E-state index in [0.717, 1.165) is 19.3 Å². The Morgan fingerprint density at radius 1 is 1.13 bits per heavy atom. The van der Waals surface area contributed by atoms with Gasteiger partial charge in [0.15, 0.2) is 16.4 Å². The molecule has 0 aliphatic carbocycles. The predicted octanol–water partition coefficient (Wildman–Crippen LogP) is 1.70. The lowest BCUT2D eigenvalue weighted by molar-refractivity contribution is -0.148. The van der Waals surface area contributed by atoms with Crippen LogP contribution in [0.3, 0.4) is 0 Å². The average Bonchev–Trinajstić information content (AvgIpc) is 2.56. The van der Waals surface area contributed by atoms with E-state index in [-0.39, 0.29) is 29.6 Å². The van der Waals surface area contributed by atoms with E-state index < -0.39 is 15.8 Å². The third-order valence-corrected chi connectivity index (χ3v) is 4.88. The molecule has 0 aliphatic heterocycles. The zero-order chi connectivity index (χ0) is 17.1. The highest BCUT2D eigenvalue weighted by Crippen LogP contribution is 2.11. The monoisotopic (exact) mass is 341 g/mol. The van der Waals surface area contributed by atoms with Crippen LogP contribution >= 0.6 is 0 Å². The van der Waals surface area contributed by atoms with Crippen molar-refractivity contribution in [1.82, 2.24) is 5.32 Å². The average molecular weight is 341 g/mol. The van der Waals surface area contributed by atoms with Gasteiger partial charge in [-0.1, -0.05) is 38.0 Å². The highest BCUT2D eigenvalue weighted by molar-refractivity contribution is 7.91. The van der Waals surface area contributed by atoms with E-state index in [1.54, 1.807) is 18.2 Å². The maximum atomic E-state index is 12.0. The molecule has 0 spiro atoms. The smallest absolute Gasteiger partial charge is 0.307 e. The second-order valence-corrected chi connectivity index (χ2v) is 7.21. The van der Waals surface area contributed by atoms with Crippen molar-refractivity contribution in [2.45, 2.75) is 37.5 Å². The Labute approximate surface area is 137 Å². The zero-order valence-electron chi connectivity index (χ0n) is 13.3. The van der Waals surface area contributed by atoms with Gasteiger partial charge in [0.2, 0.25) is 0 Å². The normalized spacial score (nSPS) is 11.0. The molecular formula is C16H23NO5S. The van der Waals surface area contributed by atoms with Gasteiger partial charge in [0.1, 0.15) is 0 Å². The van der Waals surface area contributed by atoms with Crippen molar-refractivity contribution in [2.75, 3.05) is 18.9 Å². The fourth-order valence-electron chi connectivity index (χ4n) is 1.84. The van der Waals surface area contributed by atoms with Crippen LogP contribution in [0, 0.1) is 0 Å². The first kappa shape index (κ1) is 19.2. The van der Waals surface area contributed by atoms with E-state index in [4.69, 9.17) is 4.74 Å². The molecule has 6 nitrogen and oxygen atoms in total. The van der Waals surface area contributed by atoms with Crippen molar-refractivity contribution in [1.29, 1.82) is 0 Å². The lowest BCUT2D eigenvalue weighted by atomic mass is 10.2. The van der Waals surface area contributed by atoms with Gasteiger partial charge in [-0.2, -0.15) is 0 Å². The lowest BCUT2D eigenvalue weighted by Gasteiger charge is -2.07. The fourth-order valence-corrected chi connectivity index (χ4v) is 3.08. The molecule has 128 valence electrons.